The molecule has 0 spiro atoms. The summed E-state index contributed by atoms with van der Waals surface area (Å²) in [6, 6.07) is 6.62. The lowest BCUT2D eigenvalue weighted by Crippen LogP contribution is -2.14. The average Bonchev–Trinajstić information content (AvgIpc) is 2.30. The first-order chi connectivity index (χ1) is 7.75. The van der Waals surface area contributed by atoms with Crippen LogP contribution in [0.1, 0.15) is 10.5 Å². The van der Waals surface area contributed by atoms with Gasteiger partial charge in [-0.05, 0) is 29.8 Å². The Hall–Kier alpha value is -2.01. The van der Waals surface area contributed by atoms with E-state index in [9.17, 15) is 4.79 Å². The summed E-state index contributed by atoms with van der Waals surface area (Å²) in [6.45, 7) is 0. The third-order valence-electron chi connectivity index (χ3n) is 1.77. The minimum atomic E-state index is -0.338. The third kappa shape index (κ3) is 2.52. The zero-order valence-corrected chi connectivity index (χ0v) is 8.85. The molecular weight excluding hydrogens is 228 g/mol. The topological polar surface area (TPSA) is 67.8 Å². The van der Waals surface area contributed by atoms with Gasteiger partial charge in [0, 0.05) is 12.4 Å². The maximum Gasteiger partial charge on any atom is 0.275 e. The molecule has 80 valence electrons. The lowest BCUT2D eigenvalue weighted by Gasteiger charge is -2.02. The van der Waals surface area contributed by atoms with Crippen LogP contribution in [0.25, 0.3) is 0 Å². The van der Waals surface area contributed by atoms with E-state index in [1.54, 1.807) is 30.5 Å². The SMILES string of the molecule is O=C(Nc1ccnc(Cl)n1)c1ccccn1. The number of hydrogen-bond donors (Lipinski definition) is 1. The van der Waals surface area contributed by atoms with Gasteiger partial charge in [-0.3, -0.25) is 9.78 Å². The summed E-state index contributed by atoms with van der Waals surface area (Å²) < 4.78 is 0. The standard InChI is InChI=1S/C10H7ClN4O/c11-10-13-6-4-8(15-10)14-9(16)7-3-1-2-5-12-7/h1-6H,(H,13,14,15,16). The fourth-order valence-corrected chi connectivity index (χ4v) is 1.23. The lowest BCUT2D eigenvalue weighted by molar-refractivity contribution is 0.102. The van der Waals surface area contributed by atoms with Gasteiger partial charge < -0.3 is 5.32 Å². The number of amides is 1. The Balaban J connectivity index is 2.14. The van der Waals surface area contributed by atoms with Crippen molar-refractivity contribution in [2.24, 2.45) is 0 Å². The molecule has 0 atom stereocenters. The Bertz CT molecular complexity index is 503. The molecule has 0 saturated heterocycles. The smallest absolute Gasteiger partial charge is 0.275 e. The van der Waals surface area contributed by atoms with E-state index in [0.29, 0.717) is 11.5 Å². The predicted octanol–water partition coefficient (Wildman–Crippen LogP) is 1.78. The normalized spacial score (nSPS) is 9.81. The summed E-state index contributed by atoms with van der Waals surface area (Å²) in [5.41, 5.74) is 0.317. The molecule has 0 aliphatic rings. The summed E-state index contributed by atoms with van der Waals surface area (Å²) >= 11 is 5.59. The van der Waals surface area contributed by atoms with Gasteiger partial charge in [0.15, 0.2) is 0 Å². The zero-order chi connectivity index (χ0) is 11.4. The number of pyridine rings is 1. The van der Waals surface area contributed by atoms with Gasteiger partial charge in [0.05, 0.1) is 0 Å². The van der Waals surface area contributed by atoms with Crippen LogP contribution >= 0.6 is 11.6 Å². The van der Waals surface area contributed by atoms with Crippen molar-refractivity contribution in [2.45, 2.75) is 0 Å². The largest absolute Gasteiger partial charge is 0.305 e. The highest BCUT2D eigenvalue weighted by Gasteiger charge is 2.07. The quantitative estimate of drug-likeness (QED) is 0.805. The fourth-order valence-electron chi connectivity index (χ4n) is 1.08. The molecule has 5 nitrogen and oxygen atoms in total. The molecule has 2 heterocycles. The highest BCUT2D eigenvalue weighted by Crippen LogP contribution is 2.07. The van der Waals surface area contributed by atoms with E-state index >= 15 is 0 Å². The van der Waals surface area contributed by atoms with Crippen LogP contribution in [0.15, 0.2) is 36.7 Å². The van der Waals surface area contributed by atoms with E-state index in [-0.39, 0.29) is 11.2 Å². The second-order valence-corrected chi connectivity index (χ2v) is 3.22. The number of aromatic nitrogens is 3. The van der Waals surface area contributed by atoms with Crippen LogP contribution in [-0.2, 0) is 0 Å². The van der Waals surface area contributed by atoms with E-state index in [4.69, 9.17) is 11.6 Å². The van der Waals surface area contributed by atoms with E-state index < -0.39 is 0 Å². The maximum absolute atomic E-state index is 11.6. The van der Waals surface area contributed by atoms with Crippen molar-refractivity contribution < 1.29 is 4.79 Å². The zero-order valence-electron chi connectivity index (χ0n) is 8.09. The first-order valence-corrected chi connectivity index (χ1v) is 4.84. The molecule has 2 aromatic rings. The molecular formula is C10H7ClN4O. The number of anilines is 1. The summed E-state index contributed by atoms with van der Waals surface area (Å²) in [5.74, 6) is 0.00557. The van der Waals surface area contributed by atoms with E-state index in [1.807, 2.05) is 0 Å². The monoisotopic (exact) mass is 234 g/mol. The van der Waals surface area contributed by atoms with E-state index in [1.165, 1.54) is 6.20 Å². The van der Waals surface area contributed by atoms with Crippen molar-refractivity contribution in [2.75, 3.05) is 5.32 Å². The molecule has 0 aromatic carbocycles. The number of hydrogen-bond acceptors (Lipinski definition) is 4. The van der Waals surface area contributed by atoms with Crippen LogP contribution in [-0.4, -0.2) is 20.9 Å². The van der Waals surface area contributed by atoms with Gasteiger partial charge in [-0.25, -0.2) is 9.97 Å². The average molecular weight is 235 g/mol. The van der Waals surface area contributed by atoms with Crippen LogP contribution in [0.2, 0.25) is 5.28 Å². The Morgan fingerprint density at radius 3 is 2.75 bits per heavy atom. The minimum absolute atomic E-state index is 0.0822. The second kappa shape index (κ2) is 4.67. The molecule has 0 radical (unpaired) electrons. The summed E-state index contributed by atoms with van der Waals surface area (Å²) in [4.78, 5) is 23.1. The fraction of sp³-hybridized carbons (Fsp3) is 0. The van der Waals surface area contributed by atoms with E-state index in [2.05, 4.69) is 20.3 Å². The molecule has 2 rings (SSSR count). The van der Waals surface area contributed by atoms with Crippen molar-refractivity contribution in [1.29, 1.82) is 0 Å². The van der Waals surface area contributed by atoms with E-state index in [0.717, 1.165) is 0 Å². The van der Waals surface area contributed by atoms with Crippen LogP contribution < -0.4 is 5.32 Å². The van der Waals surface area contributed by atoms with Crippen LogP contribution in [0.5, 0.6) is 0 Å². The number of rotatable bonds is 2. The van der Waals surface area contributed by atoms with Crippen molar-refractivity contribution in [3.63, 3.8) is 0 Å². The van der Waals surface area contributed by atoms with Crippen LogP contribution in [0, 0.1) is 0 Å². The summed E-state index contributed by atoms with van der Waals surface area (Å²) in [5, 5.41) is 2.64. The first kappa shape index (κ1) is 10.5. The molecule has 0 aliphatic heterocycles. The summed E-state index contributed by atoms with van der Waals surface area (Å²) in [6.07, 6.45) is 3.01. The van der Waals surface area contributed by atoms with Crippen molar-refractivity contribution >= 4 is 23.3 Å². The van der Waals surface area contributed by atoms with Gasteiger partial charge in [0.2, 0.25) is 5.28 Å². The van der Waals surface area contributed by atoms with Crippen molar-refractivity contribution in [3.05, 3.63) is 47.6 Å². The molecule has 0 aliphatic carbocycles. The maximum atomic E-state index is 11.6. The first-order valence-electron chi connectivity index (χ1n) is 4.46. The lowest BCUT2D eigenvalue weighted by atomic mass is 10.3. The number of halogens is 1. The van der Waals surface area contributed by atoms with Gasteiger partial charge in [-0.15, -0.1) is 0 Å². The summed E-state index contributed by atoms with van der Waals surface area (Å²) in [7, 11) is 0. The number of nitrogens with zero attached hydrogens (tertiary/aromatic N) is 3. The molecule has 6 heteroatoms. The molecule has 1 amide bonds. The van der Waals surface area contributed by atoms with Crippen LogP contribution in [0.3, 0.4) is 0 Å². The highest BCUT2D eigenvalue weighted by atomic mass is 35.5. The number of carbonyl (C=O) groups is 1. The van der Waals surface area contributed by atoms with Gasteiger partial charge in [-0.1, -0.05) is 6.07 Å². The number of nitrogens with one attached hydrogen (secondary N) is 1. The molecule has 1 N–H and O–H groups in total. The molecule has 2 aromatic heterocycles. The van der Waals surface area contributed by atoms with Crippen LogP contribution in [0.4, 0.5) is 5.82 Å². The van der Waals surface area contributed by atoms with Gasteiger partial charge in [0.25, 0.3) is 5.91 Å². The minimum Gasteiger partial charge on any atom is -0.305 e. The molecule has 0 bridgehead atoms. The molecule has 0 saturated carbocycles. The number of carbonyl (C=O) groups excluding carboxylic acids is 1. The third-order valence-corrected chi connectivity index (χ3v) is 1.95. The van der Waals surface area contributed by atoms with Crippen molar-refractivity contribution in [1.82, 2.24) is 15.0 Å². The predicted molar refractivity (Wildman–Crippen MR) is 59.2 cm³/mol. The molecule has 0 unspecified atom stereocenters. The Labute approximate surface area is 96.5 Å². The van der Waals surface area contributed by atoms with Gasteiger partial charge >= 0.3 is 0 Å². The Morgan fingerprint density at radius 2 is 2.06 bits per heavy atom. The molecule has 16 heavy (non-hydrogen) atoms. The van der Waals surface area contributed by atoms with Gasteiger partial charge in [-0.2, -0.15) is 0 Å². The molecule has 0 fully saturated rings. The van der Waals surface area contributed by atoms with Gasteiger partial charge in [0.1, 0.15) is 11.5 Å². The highest BCUT2D eigenvalue weighted by molar-refractivity contribution is 6.28. The van der Waals surface area contributed by atoms with Crippen molar-refractivity contribution in [3.8, 4) is 0 Å². The Morgan fingerprint density at radius 1 is 1.19 bits per heavy atom. The second-order valence-electron chi connectivity index (χ2n) is 2.88. The Kier molecular flexibility index (Phi) is 3.07.